The molecule has 1 heterocycles. The average Bonchev–Trinajstić information content (AvgIpc) is 2.64. The first kappa shape index (κ1) is 13.9. The highest BCUT2D eigenvalue weighted by Crippen LogP contribution is 2.25. The molecule has 5 heteroatoms. The number of aryl methyl sites for hydroxylation is 1. The van der Waals surface area contributed by atoms with Gasteiger partial charge in [0.1, 0.15) is 0 Å². The first-order valence-corrected chi connectivity index (χ1v) is 6.26. The van der Waals surface area contributed by atoms with Gasteiger partial charge in [-0.1, -0.05) is 18.2 Å². The van der Waals surface area contributed by atoms with E-state index in [9.17, 15) is 13.2 Å². The summed E-state index contributed by atoms with van der Waals surface area (Å²) in [5, 5.41) is 0.988. The van der Waals surface area contributed by atoms with E-state index in [0.29, 0.717) is 6.42 Å². The Hall–Kier alpha value is -1.49. The summed E-state index contributed by atoms with van der Waals surface area (Å²) in [7, 11) is 0. The largest absolute Gasteiger partial charge is 0.390 e. The van der Waals surface area contributed by atoms with E-state index in [1.165, 1.54) is 0 Å². The van der Waals surface area contributed by atoms with Gasteiger partial charge in [-0.25, -0.2) is 0 Å². The predicted octanol–water partition coefficient (Wildman–Crippen LogP) is 3.48. The van der Waals surface area contributed by atoms with E-state index in [2.05, 4.69) is 0 Å². The maximum Gasteiger partial charge on any atom is 0.390 e. The molecule has 104 valence electrons. The number of rotatable bonds is 4. The molecule has 0 amide bonds. The molecule has 0 aliphatic carbocycles. The smallest absolute Gasteiger partial charge is 0.347 e. The summed E-state index contributed by atoms with van der Waals surface area (Å²) in [6.45, 7) is 1.84. The quantitative estimate of drug-likeness (QED) is 0.906. The summed E-state index contributed by atoms with van der Waals surface area (Å²) in [6.07, 6.45) is -2.49. The number of para-hydroxylation sites is 1. The zero-order chi connectivity index (χ0) is 14.0. The molecule has 0 saturated heterocycles. The van der Waals surface area contributed by atoms with Crippen molar-refractivity contribution in [3.63, 3.8) is 0 Å². The van der Waals surface area contributed by atoms with Crippen LogP contribution in [0, 0.1) is 0 Å². The molecule has 0 saturated carbocycles. The third-order valence-corrected chi connectivity index (χ3v) is 3.05. The number of halogens is 3. The van der Waals surface area contributed by atoms with Gasteiger partial charge in [0.2, 0.25) is 0 Å². The van der Waals surface area contributed by atoms with Crippen LogP contribution in [0.5, 0.6) is 0 Å². The molecule has 2 N–H and O–H groups in total. The number of fused-ring (bicyclic) bond motifs is 1. The molecule has 1 atom stereocenters. The van der Waals surface area contributed by atoms with Gasteiger partial charge < -0.3 is 10.3 Å². The van der Waals surface area contributed by atoms with Gasteiger partial charge in [0.25, 0.3) is 0 Å². The van der Waals surface area contributed by atoms with Crippen LogP contribution in [0.1, 0.15) is 18.9 Å². The second-order valence-corrected chi connectivity index (χ2v) is 4.91. The standard InChI is InChI=1S/C14H17F3N2/c1-10(18)8-11-9-19(7-6-14(15,16)17)13-5-3-2-4-12(11)13/h2-5,9-10H,6-8,18H2,1H3. The molecule has 1 unspecified atom stereocenters. The zero-order valence-electron chi connectivity index (χ0n) is 10.7. The second kappa shape index (κ2) is 5.25. The van der Waals surface area contributed by atoms with Gasteiger partial charge in [0.15, 0.2) is 0 Å². The number of alkyl halides is 3. The van der Waals surface area contributed by atoms with E-state index in [4.69, 9.17) is 5.73 Å². The Labute approximate surface area is 110 Å². The molecule has 0 radical (unpaired) electrons. The van der Waals surface area contributed by atoms with Crippen molar-refractivity contribution in [2.45, 2.75) is 38.5 Å². The van der Waals surface area contributed by atoms with Crippen molar-refractivity contribution >= 4 is 10.9 Å². The molecule has 0 bridgehead atoms. The van der Waals surface area contributed by atoms with Crippen molar-refractivity contribution in [3.05, 3.63) is 36.0 Å². The van der Waals surface area contributed by atoms with E-state index < -0.39 is 12.6 Å². The molecule has 1 aromatic heterocycles. The normalized spacial score (nSPS) is 13.9. The van der Waals surface area contributed by atoms with Crippen molar-refractivity contribution in [3.8, 4) is 0 Å². The van der Waals surface area contributed by atoms with Crippen molar-refractivity contribution in [2.75, 3.05) is 0 Å². The van der Waals surface area contributed by atoms with Crippen LogP contribution in [0.25, 0.3) is 10.9 Å². The maximum absolute atomic E-state index is 12.3. The predicted molar refractivity (Wildman–Crippen MR) is 70.0 cm³/mol. The molecule has 2 aromatic rings. The van der Waals surface area contributed by atoms with Gasteiger partial charge >= 0.3 is 6.18 Å². The molecule has 2 rings (SSSR count). The van der Waals surface area contributed by atoms with E-state index >= 15 is 0 Å². The van der Waals surface area contributed by atoms with Gasteiger partial charge in [-0.15, -0.1) is 0 Å². The summed E-state index contributed by atoms with van der Waals surface area (Å²) >= 11 is 0. The van der Waals surface area contributed by atoms with Gasteiger partial charge in [-0.05, 0) is 25.0 Å². The van der Waals surface area contributed by atoms with E-state index in [1.54, 1.807) is 10.8 Å². The topological polar surface area (TPSA) is 30.9 Å². The highest BCUT2D eigenvalue weighted by atomic mass is 19.4. The summed E-state index contributed by atoms with van der Waals surface area (Å²) in [6, 6.07) is 7.48. The number of hydrogen-bond acceptors (Lipinski definition) is 1. The lowest BCUT2D eigenvalue weighted by Crippen LogP contribution is -2.17. The summed E-state index contributed by atoms with van der Waals surface area (Å²) in [4.78, 5) is 0. The SMILES string of the molecule is CC(N)Cc1cn(CCC(F)(F)F)c2ccccc12. The van der Waals surface area contributed by atoms with E-state index in [1.807, 2.05) is 31.2 Å². The van der Waals surface area contributed by atoms with Gasteiger partial charge in [-0.3, -0.25) is 0 Å². The fraction of sp³-hybridized carbons (Fsp3) is 0.429. The Bertz CT molecular complexity index is 555. The van der Waals surface area contributed by atoms with Crippen LogP contribution in [0.4, 0.5) is 13.2 Å². The Morgan fingerprint density at radius 2 is 1.95 bits per heavy atom. The molecule has 0 aliphatic rings. The molecule has 2 nitrogen and oxygen atoms in total. The average molecular weight is 270 g/mol. The minimum atomic E-state index is -4.13. The van der Waals surface area contributed by atoms with Gasteiger partial charge in [0.05, 0.1) is 6.42 Å². The van der Waals surface area contributed by atoms with E-state index in [-0.39, 0.29) is 12.6 Å². The Kier molecular flexibility index (Phi) is 3.85. The van der Waals surface area contributed by atoms with Crippen molar-refractivity contribution in [2.24, 2.45) is 5.73 Å². The number of benzene rings is 1. The maximum atomic E-state index is 12.3. The molecular weight excluding hydrogens is 253 g/mol. The molecule has 0 spiro atoms. The summed E-state index contributed by atoms with van der Waals surface area (Å²) in [5.41, 5.74) is 7.62. The van der Waals surface area contributed by atoms with Crippen LogP contribution < -0.4 is 5.73 Å². The first-order chi connectivity index (χ1) is 8.87. The lowest BCUT2D eigenvalue weighted by molar-refractivity contribution is -0.136. The highest BCUT2D eigenvalue weighted by Gasteiger charge is 2.27. The minimum absolute atomic E-state index is 0.0122. The van der Waals surface area contributed by atoms with Crippen LogP contribution in [0.2, 0.25) is 0 Å². The molecular formula is C14H17F3N2. The summed E-state index contributed by atoms with van der Waals surface area (Å²) in [5.74, 6) is 0. The Balaban J connectivity index is 2.33. The molecule has 1 aromatic carbocycles. The van der Waals surface area contributed by atoms with Gasteiger partial charge in [0, 0.05) is 29.7 Å². The van der Waals surface area contributed by atoms with Crippen LogP contribution in [0.15, 0.2) is 30.5 Å². The number of aromatic nitrogens is 1. The van der Waals surface area contributed by atoms with Crippen LogP contribution in [0.3, 0.4) is 0 Å². The van der Waals surface area contributed by atoms with Crippen LogP contribution in [-0.2, 0) is 13.0 Å². The Morgan fingerprint density at radius 1 is 1.26 bits per heavy atom. The molecule has 0 fully saturated rings. The molecule has 19 heavy (non-hydrogen) atoms. The van der Waals surface area contributed by atoms with Crippen molar-refractivity contribution in [1.82, 2.24) is 4.57 Å². The minimum Gasteiger partial charge on any atom is -0.347 e. The number of hydrogen-bond donors (Lipinski definition) is 1. The highest BCUT2D eigenvalue weighted by molar-refractivity contribution is 5.84. The lowest BCUT2D eigenvalue weighted by atomic mass is 10.1. The molecule has 0 aliphatic heterocycles. The zero-order valence-corrected chi connectivity index (χ0v) is 10.7. The summed E-state index contributed by atoms with van der Waals surface area (Å²) < 4.78 is 38.6. The van der Waals surface area contributed by atoms with Gasteiger partial charge in [-0.2, -0.15) is 13.2 Å². The Morgan fingerprint density at radius 3 is 2.58 bits per heavy atom. The van der Waals surface area contributed by atoms with Crippen LogP contribution >= 0.6 is 0 Å². The van der Waals surface area contributed by atoms with Crippen molar-refractivity contribution < 1.29 is 13.2 Å². The number of nitrogens with two attached hydrogens (primary N) is 1. The fourth-order valence-corrected chi connectivity index (χ4v) is 2.26. The lowest BCUT2D eigenvalue weighted by Gasteiger charge is -2.08. The third kappa shape index (κ3) is 3.50. The number of nitrogens with zero attached hydrogens (tertiary/aromatic N) is 1. The third-order valence-electron chi connectivity index (χ3n) is 3.05. The monoisotopic (exact) mass is 270 g/mol. The first-order valence-electron chi connectivity index (χ1n) is 6.26. The van der Waals surface area contributed by atoms with E-state index in [0.717, 1.165) is 16.5 Å². The second-order valence-electron chi connectivity index (χ2n) is 4.91. The van der Waals surface area contributed by atoms with Crippen molar-refractivity contribution in [1.29, 1.82) is 0 Å². The van der Waals surface area contributed by atoms with Crippen LogP contribution in [-0.4, -0.2) is 16.8 Å². The fourth-order valence-electron chi connectivity index (χ4n) is 2.26.